The lowest BCUT2D eigenvalue weighted by atomic mass is 9.85. The van der Waals surface area contributed by atoms with E-state index in [4.69, 9.17) is 0 Å². The van der Waals surface area contributed by atoms with Gasteiger partial charge < -0.3 is 5.32 Å². The van der Waals surface area contributed by atoms with Gasteiger partial charge in [0, 0.05) is 12.6 Å². The molecule has 0 aliphatic carbocycles. The van der Waals surface area contributed by atoms with Crippen LogP contribution in [0.2, 0.25) is 0 Å². The highest BCUT2D eigenvalue weighted by atomic mass is 14.9. The summed E-state index contributed by atoms with van der Waals surface area (Å²) in [6, 6.07) is 0.619. The van der Waals surface area contributed by atoms with Crippen molar-refractivity contribution in [3.63, 3.8) is 0 Å². The summed E-state index contributed by atoms with van der Waals surface area (Å²) in [5.74, 6) is 0. The average molecular weight is 169 g/mol. The lowest BCUT2D eigenvalue weighted by Gasteiger charge is -2.30. The Morgan fingerprint density at radius 2 is 1.92 bits per heavy atom. The molecule has 1 heteroatoms. The molecule has 1 atom stereocenters. The van der Waals surface area contributed by atoms with Crippen molar-refractivity contribution in [2.24, 2.45) is 5.41 Å². The maximum absolute atomic E-state index is 3.52. The summed E-state index contributed by atoms with van der Waals surface area (Å²) in [6.07, 6.45) is 5.44. The molecule has 0 aromatic rings. The van der Waals surface area contributed by atoms with Gasteiger partial charge in [0.2, 0.25) is 0 Å². The molecule has 72 valence electrons. The Labute approximate surface area is 77.2 Å². The van der Waals surface area contributed by atoms with Crippen LogP contribution in [0, 0.1) is 5.41 Å². The molecule has 0 aromatic carbocycles. The van der Waals surface area contributed by atoms with Gasteiger partial charge in [0.05, 0.1) is 0 Å². The molecule has 0 saturated heterocycles. The van der Waals surface area contributed by atoms with E-state index in [9.17, 15) is 0 Å². The van der Waals surface area contributed by atoms with Gasteiger partial charge in [-0.05, 0) is 18.8 Å². The summed E-state index contributed by atoms with van der Waals surface area (Å²) in [5, 5.41) is 3.52. The lowest BCUT2D eigenvalue weighted by molar-refractivity contribution is 0.268. The van der Waals surface area contributed by atoms with Crippen molar-refractivity contribution in [1.29, 1.82) is 0 Å². The third-order valence-corrected chi connectivity index (χ3v) is 2.17. The molecule has 0 radical (unpaired) electrons. The van der Waals surface area contributed by atoms with Crippen LogP contribution in [0.15, 0.2) is 12.2 Å². The minimum atomic E-state index is 0.371. The van der Waals surface area contributed by atoms with E-state index in [-0.39, 0.29) is 0 Å². The molecule has 0 aliphatic rings. The van der Waals surface area contributed by atoms with Crippen molar-refractivity contribution in [3.8, 4) is 0 Å². The van der Waals surface area contributed by atoms with E-state index in [1.54, 1.807) is 0 Å². The molecule has 1 N–H and O–H groups in total. The van der Waals surface area contributed by atoms with Crippen molar-refractivity contribution in [2.45, 2.75) is 47.1 Å². The van der Waals surface area contributed by atoms with E-state index >= 15 is 0 Å². The Kier molecular flexibility index (Phi) is 5.23. The summed E-state index contributed by atoms with van der Waals surface area (Å²) in [7, 11) is 0. The maximum atomic E-state index is 3.52. The van der Waals surface area contributed by atoms with Gasteiger partial charge in [-0.3, -0.25) is 0 Å². The van der Waals surface area contributed by atoms with Crippen molar-refractivity contribution >= 4 is 0 Å². The molecule has 1 unspecified atom stereocenters. The topological polar surface area (TPSA) is 12.0 Å². The minimum absolute atomic E-state index is 0.371. The van der Waals surface area contributed by atoms with E-state index in [2.05, 4.69) is 52.1 Å². The van der Waals surface area contributed by atoms with Crippen LogP contribution in [0.4, 0.5) is 0 Å². The van der Waals surface area contributed by atoms with Crippen LogP contribution in [0.3, 0.4) is 0 Å². The van der Waals surface area contributed by atoms with Crippen LogP contribution in [-0.4, -0.2) is 12.6 Å². The second kappa shape index (κ2) is 5.36. The average Bonchev–Trinajstić information content (AvgIpc) is 1.95. The minimum Gasteiger partial charge on any atom is -0.310 e. The third-order valence-electron chi connectivity index (χ3n) is 2.17. The fourth-order valence-corrected chi connectivity index (χ4v) is 1.39. The Bertz CT molecular complexity index is 130. The smallest absolute Gasteiger partial charge is 0.0137 e. The first-order valence-corrected chi connectivity index (χ1v) is 4.87. The van der Waals surface area contributed by atoms with Crippen LogP contribution in [0.25, 0.3) is 0 Å². The highest BCUT2D eigenvalue weighted by Crippen LogP contribution is 2.21. The molecule has 0 rings (SSSR count). The van der Waals surface area contributed by atoms with Crippen LogP contribution in [0.1, 0.15) is 41.0 Å². The van der Waals surface area contributed by atoms with Gasteiger partial charge in [0.15, 0.2) is 0 Å². The quantitative estimate of drug-likeness (QED) is 0.638. The fourth-order valence-electron chi connectivity index (χ4n) is 1.39. The second-order valence-electron chi connectivity index (χ2n) is 4.30. The predicted molar refractivity (Wildman–Crippen MR) is 56.4 cm³/mol. The van der Waals surface area contributed by atoms with Gasteiger partial charge in [-0.15, -0.1) is 0 Å². The van der Waals surface area contributed by atoms with Gasteiger partial charge in [-0.1, -0.05) is 39.8 Å². The zero-order valence-electron chi connectivity index (χ0n) is 9.15. The molecule has 0 aromatic heterocycles. The van der Waals surface area contributed by atoms with Gasteiger partial charge in [-0.25, -0.2) is 0 Å². The van der Waals surface area contributed by atoms with Gasteiger partial charge in [0.1, 0.15) is 0 Å². The molecule has 0 bridgehead atoms. The molecule has 0 amide bonds. The molecule has 0 saturated carbocycles. The van der Waals surface area contributed by atoms with Gasteiger partial charge >= 0.3 is 0 Å². The van der Waals surface area contributed by atoms with E-state index in [0.717, 1.165) is 6.54 Å². The Balaban J connectivity index is 3.84. The molecular weight excluding hydrogens is 146 g/mol. The summed E-state index contributed by atoms with van der Waals surface area (Å²) in [6.45, 7) is 12.1. The Morgan fingerprint density at radius 3 is 2.25 bits per heavy atom. The molecule has 12 heavy (non-hydrogen) atoms. The summed E-state index contributed by atoms with van der Waals surface area (Å²) in [4.78, 5) is 0. The first kappa shape index (κ1) is 11.7. The maximum Gasteiger partial charge on any atom is 0.0137 e. The Morgan fingerprint density at radius 1 is 1.33 bits per heavy atom. The molecule has 0 heterocycles. The van der Waals surface area contributed by atoms with E-state index in [1.165, 1.54) is 6.42 Å². The van der Waals surface area contributed by atoms with Crippen LogP contribution in [-0.2, 0) is 0 Å². The number of allylic oxidation sites excluding steroid dienone is 1. The van der Waals surface area contributed by atoms with Gasteiger partial charge in [0.25, 0.3) is 0 Å². The second-order valence-corrected chi connectivity index (χ2v) is 4.30. The number of nitrogens with one attached hydrogen (secondary N) is 1. The van der Waals surface area contributed by atoms with Crippen molar-refractivity contribution in [2.75, 3.05) is 6.54 Å². The number of rotatable bonds is 4. The molecule has 0 fully saturated rings. The number of hydrogen-bond acceptors (Lipinski definition) is 1. The normalized spacial score (nSPS) is 15.4. The summed E-state index contributed by atoms with van der Waals surface area (Å²) >= 11 is 0. The summed E-state index contributed by atoms with van der Waals surface area (Å²) < 4.78 is 0. The van der Waals surface area contributed by atoms with Crippen LogP contribution < -0.4 is 5.32 Å². The molecule has 0 aliphatic heterocycles. The monoisotopic (exact) mass is 169 g/mol. The van der Waals surface area contributed by atoms with Crippen molar-refractivity contribution in [1.82, 2.24) is 5.32 Å². The zero-order valence-corrected chi connectivity index (χ0v) is 9.15. The molecular formula is C11H23N. The first-order chi connectivity index (χ1) is 5.52. The van der Waals surface area contributed by atoms with Crippen LogP contribution in [0.5, 0.6) is 0 Å². The first-order valence-electron chi connectivity index (χ1n) is 4.87. The molecule has 1 nitrogen and oxygen atoms in total. The molecule has 0 spiro atoms. The van der Waals surface area contributed by atoms with Crippen molar-refractivity contribution < 1.29 is 0 Å². The SMILES string of the molecule is C/C=C\CNC(CC)C(C)(C)C. The highest BCUT2D eigenvalue weighted by Gasteiger charge is 2.21. The van der Waals surface area contributed by atoms with E-state index in [0.29, 0.717) is 11.5 Å². The van der Waals surface area contributed by atoms with Gasteiger partial charge in [-0.2, -0.15) is 0 Å². The third kappa shape index (κ3) is 4.55. The largest absolute Gasteiger partial charge is 0.310 e. The number of hydrogen-bond donors (Lipinski definition) is 1. The summed E-state index contributed by atoms with van der Waals surface area (Å²) in [5.41, 5.74) is 0.371. The zero-order chi connectivity index (χ0) is 9.61. The lowest BCUT2D eigenvalue weighted by Crippen LogP contribution is -2.39. The highest BCUT2D eigenvalue weighted by molar-refractivity contribution is 4.85. The van der Waals surface area contributed by atoms with E-state index in [1.807, 2.05) is 0 Å². The predicted octanol–water partition coefficient (Wildman–Crippen LogP) is 2.98. The van der Waals surface area contributed by atoms with Crippen LogP contribution >= 0.6 is 0 Å². The van der Waals surface area contributed by atoms with E-state index < -0.39 is 0 Å². The van der Waals surface area contributed by atoms with Crippen molar-refractivity contribution in [3.05, 3.63) is 12.2 Å². The fraction of sp³-hybridized carbons (Fsp3) is 0.818. The Hall–Kier alpha value is -0.300. The standard InChI is InChI=1S/C11H23N/c1-6-8-9-12-10(7-2)11(3,4)5/h6,8,10,12H,7,9H2,1-5H3/b8-6-.